The van der Waals surface area contributed by atoms with Crippen molar-refractivity contribution in [2.45, 2.75) is 6.92 Å². The number of carbonyl (C=O) groups excluding carboxylic acids is 3. The lowest BCUT2D eigenvalue weighted by Crippen LogP contribution is -2.50. The van der Waals surface area contributed by atoms with Gasteiger partial charge in [0.1, 0.15) is 0 Å². The van der Waals surface area contributed by atoms with Crippen molar-refractivity contribution in [2.75, 3.05) is 51.8 Å². The van der Waals surface area contributed by atoms with Gasteiger partial charge in [0.2, 0.25) is 11.8 Å². The molecule has 7 nitrogen and oxygen atoms in total. The van der Waals surface area contributed by atoms with Crippen molar-refractivity contribution in [3.05, 3.63) is 29.8 Å². The summed E-state index contributed by atoms with van der Waals surface area (Å²) < 4.78 is 5.10. The number of Topliss-reactive ketones (excluding diaryl/α,β-unsaturated/α-hetero) is 1. The molecule has 27 heavy (non-hydrogen) atoms. The van der Waals surface area contributed by atoms with Crippen molar-refractivity contribution in [2.24, 2.45) is 17.3 Å². The maximum absolute atomic E-state index is 13.1. The number of para-hydroxylation sites is 1. The van der Waals surface area contributed by atoms with Gasteiger partial charge in [0, 0.05) is 45.4 Å². The Morgan fingerprint density at radius 2 is 1.93 bits per heavy atom. The van der Waals surface area contributed by atoms with Gasteiger partial charge in [-0.25, -0.2) is 0 Å². The van der Waals surface area contributed by atoms with Crippen LogP contribution >= 0.6 is 0 Å². The van der Waals surface area contributed by atoms with Crippen LogP contribution in [0.25, 0.3) is 0 Å². The zero-order chi connectivity index (χ0) is 19.2. The van der Waals surface area contributed by atoms with Crippen LogP contribution in [-0.4, -0.2) is 73.8 Å². The Morgan fingerprint density at radius 3 is 2.63 bits per heavy atom. The van der Waals surface area contributed by atoms with E-state index in [4.69, 9.17) is 4.74 Å². The highest BCUT2D eigenvalue weighted by molar-refractivity contribution is 6.19. The smallest absolute Gasteiger partial charge is 0.229 e. The van der Waals surface area contributed by atoms with E-state index in [1.54, 1.807) is 43.2 Å². The van der Waals surface area contributed by atoms with E-state index in [1.165, 1.54) is 0 Å². The number of fused-ring (bicyclic) bond motifs is 2. The largest absolute Gasteiger partial charge is 0.383 e. The first-order chi connectivity index (χ1) is 13.0. The first-order valence-electron chi connectivity index (χ1n) is 9.43. The highest BCUT2D eigenvalue weighted by Crippen LogP contribution is 2.62. The molecule has 1 aromatic rings. The average Bonchev–Trinajstić information content (AvgIpc) is 3.34. The minimum absolute atomic E-state index is 0.0724. The third-order valence-electron chi connectivity index (χ3n) is 6.28. The fourth-order valence-corrected chi connectivity index (χ4v) is 4.52. The molecule has 1 saturated carbocycles. The maximum Gasteiger partial charge on any atom is 0.229 e. The van der Waals surface area contributed by atoms with Gasteiger partial charge in [-0.3, -0.25) is 19.3 Å². The lowest BCUT2D eigenvalue weighted by Gasteiger charge is -2.35. The molecule has 144 valence electrons. The second kappa shape index (κ2) is 6.73. The lowest BCUT2D eigenvalue weighted by molar-refractivity contribution is -0.136. The molecule has 1 N–H and O–H groups in total. The molecule has 3 aliphatic rings. The number of ether oxygens (including phenoxy) is 1. The molecule has 0 aromatic heterocycles. The van der Waals surface area contributed by atoms with E-state index >= 15 is 0 Å². The van der Waals surface area contributed by atoms with Gasteiger partial charge in [-0.1, -0.05) is 19.1 Å². The quantitative estimate of drug-likeness (QED) is 0.850. The number of ketones is 1. The molecule has 4 rings (SSSR count). The molecule has 2 heterocycles. The molecule has 1 saturated heterocycles. The molecule has 2 amide bonds. The summed E-state index contributed by atoms with van der Waals surface area (Å²) in [6, 6.07) is 7.03. The molecular weight excluding hydrogens is 346 g/mol. The zero-order valence-electron chi connectivity index (χ0n) is 15.7. The summed E-state index contributed by atoms with van der Waals surface area (Å²) in [6.45, 7) is 6.09. The van der Waals surface area contributed by atoms with Gasteiger partial charge < -0.3 is 15.0 Å². The summed E-state index contributed by atoms with van der Waals surface area (Å²) in [5, 5.41) is 2.83. The van der Waals surface area contributed by atoms with Crippen LogP contribution in [-0.2, 0) is 14.3 Å². The standard InChI is InChI=1S/C20H25N3O4/c1-20-15(18(25)21-14-6-4-3-5-13(14)17(20)24)16(20)19(26)23-9-7-22(8-10-23)11-12-27-2/h3-6,15-16H,7-12H2,1-2H3,(H,21,25)/t15-,16-,20-/m0/s1. The Kier molecular flexibility index (Phi) is 4.52. The number of carbonyl (C=O) groups is 3. The van der Waals surface area contributed by atoms with Gasteiger partial charge in [0.05, 0.1) is 29.5 Å². The van der Waals surface area contributed by atoms with Gasteiger partial charge in [-0.15, -0.1) is 0 Å². The van der Waals surface area contributed by atoms with E-state index in [1.807, 2.05) is 0 Å². The summed E-state index contributed by atoms with van der Waals surface area (Å²) in [7, 11) is 1.68. The number of nitrogens with zero attached hydrogens (tertiary/aromatic N) is 2. The first kappa shape index (κ1) is 18.1. The zero-order valence-corrected chi connectivity index (χ0v) is 15.7. The molecule has 0 radical (unpaired) electrons. The number of nitrogens with one attached hydrogen (secondary N) is 1. The highest BCUT2D eigenvalue weighted by atomic mass is 16.5. The minimum atomic E-state index is -0.943. The minimum Gasteiger partial charge on any atom is -0.383 e. The highest BCUT2D eigenvalue weighted by Gasteiger charge is 2.73. The molecular formula is C20H25N3O4. The number of piperazine rings is 1. The van der Waals surface area contributed by atoms with Gasteiger partial charge in [0.25, 0.3) is 0 Å². The Morgan fingerprint density at radius 1 is 1.22 bits per heavy atom. The van der Waals surface area contributed by atoms with E-state index in [9.17, 15) is 14.4 Å². The summed E-state index contributed by atoms with van der Waals surface area (Å²) >= 11 is 0. The van der Waals surface area contributed by atoms with Crippen LogP contribution in [0.1, 0.15) is 17.3 Å². The number of benzene rings is 1. The van der Waals surface area contributed by atoms with Crippen LogP contribution in [0.4, 0.5) is 5.69 Å². The number of hydrogen-bond donors (Lipinski definition) is 1. The molecule has 0 spiro atoms. The van der Waals surface area contributed by atoms with Gasteiger partial charge in [0.15, 0.2) is 5.78 Å². The first-order valence-corrected chi connectivity index (χ1v) is 9.43. The van der Waals surface area contributed by atoms with Gasteiger partial charge in [-0.05, 0) is 12.1 Å². The van der Waals surface area contributed by atoms with Gasteiger partial charge in [-0.2, -0.15) is 0 Å². The predicted octanol–water partition coefficient (Wildman–Crippen LogP) is 0.864. The SMILES string of the molecule is COCCN1CCN(C(=O)[C@@H]2[C@H]3C(=O)Nc4ccccc4C(=O)[C@@]32C)CC1. The van der Waals surface area contributed by atoms with Crippen LogP contribution in [0.3, 0.4) is 0 Å². The Hall–Kier alpha value is -2.25. The van der Waals surface area contributed by atoms with E-state index in [0.29, 0.717) is 30.9 Å². The monoisotopic (exact) mass is 371 g/mol. The average molecular weight is 371 g/mol. The van der Waals surface area contributed by atoms with E-state index in [-0.39, 0.29) is 17.6 Å². The topological polar surface area (TPSA) is 79.0 Å². The van der Waals surface area contributed by atoms with Crippen molar-refractivity contribution in [3.63, 3.8) is 0 Å². The molecule has 1 aromatic carbocycles. The Labute approximate surface area is 158 Å². The van der Waals surface area contributed by atoms with E-state index < -0.39 is 17.3 Å². The third-order valence-corrected chi connectivity index (χ3v) is 6.28. The molecule has 2 fully saturated rings. The molecule has 0 bridgehead atoms. The second-order valence-corrected chi connectivity index (χ2v) is 7.76. The molecule has 0 unspecified atom stereocenters. The second-order valence-electron chi connectivity index (χ2n) is 7.76. The maximum atomic E-state index is 13.1. The molecule has 7 heteroatoms. The lowest BCUT2D eigenvalue weighted by atomic mass is 9.92. The van der Waals surface area contributed by atoms with Gasteiger partial charge >= 0.3 is 0 Å². The summed E-state index contributed by atoms with van der Waals surface area (Å²) in [5.41, 5.74) is 0.0930. The van der Waals surface area contributed by atoms with Crippen LogP contribution in [0.15, 0.2) is 24.3 Å². The van der Waals surface area contributed by atoms with Crippen LogP contribution < -0.4 is 5.32 Å². The number of amides is 2. The van der Waals surface area contributed by atoms with Crippen LogP contribution in [0, 0.1) is 17.3 Å². The number of methoxy groups -OCH3 is 1. The fourth-order valence-electron chi connectivity index (χ4n) is 4.52. The summed E-state index contributed by atoms with van der Waals surface area (Å²) in [6.07, 6.45) is 0. The number of rotatable bonds is 4. The van der Waals surface area contributed by atoms with Crippen molar-refractivity contribution in [1.29, 1.82) is 0 Å². The van der Waals surface area contributed by atoms with Crippen molar-refractivity contribution in [1.82, 2.24) is 9.80 Å². The van der Waals surface area contributed by atoms with E-state index in [0.717, 1.165) is 19.6 Å². The Bertz CT molecular complexity index is 787. The normalized spacial score (nSPS) is 30.2. The van der Waals surface area contributed by atoms with E-state index in [2.05, 4.69) is 10.2 Å². The Balaban J connectivity index is 1.49. The number of anilines is 1. The molecule has 3 atom stereocenters. The third kappa shape index (κ3) is 2.85. The van der Waals surface area contributed by atoms with Crippen LogP contribution in [0.2, 0.25) is 0 Å². The molecule has 1 aliphatic carbocycles. The van der Waals surface area contributed by atoms with Crippen LogP contribution in [0.5, 0.6) is 0 Å². The van der Waals surface area contributed by atoms with Crippen molar-refractivity contribution >= 4 is 23.3 Å². The summed E-state index contributed by atoms with van der Waals surface area (Å²) in [5.74, 6) is -1.57. The predicted molar refractivity (Wildman–Crippen MR) is 99.4 cm³/mol. The van der Waals surface area contributed by atoms with Crippen molar-refractivity contribution in [3.8, 4) is 0 Å². The number of hydrogen-bond acceptors (Lipinski definition) is 5. The fraction of sp³-hybridized carbons (Fsp3) is 0.550. The van der Waals surface area contributed by atoms with Crippen molar-refractivity contribution < 1.29 is 19.1 Å². The molecule has 2 aliphatic heterocycles. The summed E-state index contributed by atoms with van der Waals surface area (Å²) in [4.78, 5) is 43.0.